The summed E-state index contributed by atoms with van der Waals surface area (Å²) in [7, 11) is -3.64. The monoisotopic (exact) mass is 362 g/mol. The fourth-order valence-electron chi connectivity index (χ4n) is 2.40. The number of nitrogens with one attached hydrogen (secondary N) is 1. The van der Waals surface area contributed by atoms with Crippen molar-refractivity contribution in [3.8, 4) is 0 Å². The zero-order valence-corrected chi connectivity index (χ0v) is 15.3. The van der Waals surface area contributed by atoms with Crippen molar-refractivity contribution in [1.29, 1.82) is 0 Å². The highest BCUT2D eigenvalue weighted by molar-refractivity contribution is 7.89. The van der Waals surface area contributed by atoms with Crippen LogP contribution in [0.4, 0.5) is 11.5 Å². The van der Waals surface area contributed by atoms with Crippen LogP contribution in [-0.4, -0.2) is 36.7 Å². The largest absolute Gasteiger partial charge is 0.384 e. The Morgan fingerprint density at radius 2 is 1.88 bits per heavy atom. The van der Waals surface area contributed by atoms with E-state index in [0.717, 1.165) is 0 Å². The number of carbonyl (C=O) groups excluding carboxylic acids is 1. The molecule has 0 unspecified atom stereocenters. The summed E-state index contributed by atoms with van der Waals surface area (Å²) in [6, 6.07) is 7.83. The van der Waals surface area contributed by atoms with E-state index in [2.05, 4.69) is 10.3 Å². The molecule has 0 saturated heterocycles. The molecule has 1 amide bonds. The van der Waals surface area contributed by atoms with Crippen LogP contribution in [0.15, 0.2) is 41.4 Å². The maximum Gasteiger partial charge on any atom is 0.255 e. The first-order valence-electron chi connectivity index (χ1n) is 7.93. The molecule has 25 heavy (non-hydrogen) atoms. The van der Waals surface area contributed by atoms with Gasteiger partial charge in [0.1, 0.15) is 5.82 Å². The summed E-state index contributed by atoms with van der Waals surface area (Å²) in [5.41, 5.74) is 6.84. The number of amides is 1. The van der Waals surface area contributed by atoms with Crippen LogP contribution < -0.4 is 11.1 Å². The Morgan fingerprint density at radius 1 is 1.20 bits per heavy atom. The van der Waals surface area contributed by atoms with E-state index in [9.17, 15) is 13.2 Å². The minimum absolute atomic E-state index is 0.138. The van der Waals surface area contributed by atoms with Crippen LogP contribution in [0.5, 0.6) is 0 Å². The number of nitrogen functional groups attached to an aromatic ring is 1. The number of anilines is 2. The van der Waals surface area contributed by atoms with Crippen molar-refractivity contribution < 1.29 is 13.2 Å². The maximum absolute atomic E-state index is 12.8. The van der Waals surface area contributed by atoms with Gasteiger partial charge < -0.3 is 11.1 Å². The molecule has 0 bridgehead atoms. The zero-order valence-electron chi connectivity index (χ0n) is 14.5. The van der Waals surface area contributed by atoms with Crippen molar-refractivity contribution in [2.45, 2.75) is 25.7 Å². The minimum Gasteiger partial charge on any atom is -0.384 e. The Labute approximate surface area is 147 Å². The highest BCUT2D eigenvalue weighted by Crippen LogP contribution is 2.22. The van der Waals surface area contributed by atoms with Crippen molar-refractivity contribution >= 4 is 27.4 Å². The van der Waals surface area contributed by atoms with E-state index in [1.165, 1.54) is 16.6 Å². The highest BCUT2D eigenvalue weighted by Gasteiger charge is 2.24. The van der Waals surface area contributed by atoms with E-state index in [1.807, 2.05) is 0 Å². The quantitative estimate of drug-likeness (QED) is 0.820. The van der Waals surface area contributed by atoms with Gasteiger partial charge in [-0.15, -0.1) is 0 Å². The molecule has 0 aliphatic heterocycles. The van der Waals surface area contributed by atoms with E-state index in [1.54, 1.807) is 45.0 Å². The molecule has 1 aromatic carbocycles. The predicted octanol–water partition coefficient (Wildman–Crippen LogP) is 2.26. The summed E-state index contributed by atoms with van der Waals surface area (Å²) < 4.78 is 26.9. The molecule has 2 aromatic rings. The van der Waals surface area contributed by atoms with Crippen LogP contribution >= 0.6 is 0 Å². The van der Waals surface area contributed by atoms with E-state index in [-0.39, 0.29) is 10.5 Å². The number of aromatic nitrogens is 1. The lowest BCUT2D eigenvalue weighted by atomic mass is 10.1. The van der Waals surface area contributed by atoms with Crippen molar-refractivity contribution in [3.63, 3.8) is 0 Å². The van der Waals surface area contributed by atoms with Crippen LogP contribution in [-0.2, 0) is 10.0 Å². The van der Waals surface area contributed by atoms with Gasteiger partial charge in [0.05, 0.1) is 16.8 Å². The first kappa shape index (κ1) is 18.9. The van der Waals surface area contributed by atoms with Crippen molar-refractivity contribution in [2.24, 2.45) is 0 Å². The average molecular weight is 362 g/mol. The van der Waals surface area contributed by atoms with E-state index < -0.39 is 15.9 Å². The summed E-state index contributed by atoms with van der Waals surface area (Å²) in [5, 5.41) is 2.68. The van der Waals surface area contributed by atoms with Gasteiger partial charge in [0.25, 0.3) is 5.91 Å². The molecular weight excluding hydrogens is 340 g/mol. The summed E-state index contributed by atoms with van der Waals surface area (Å²) in [5.74, 6) is -0.0662. The van der Waals surface area contributed by atoms with Gasteiger partial charge in [-0.25, -0.2) is 13.4 Å². The first-order chi connectivity index (χ1) is 11.8. The van der Waals surface area contributed by atoms with Crippen molar-refractivity contribution in [1.82, 2.24) is 9.29 Å². The van der Waals surface area contributed by atoms with Gasteiger partial charge in [-0.2, -0.15) is 4.31 Å². The molecule has 8 heteroatoms. The van der Waals surface area contributed by atoms with Gasteiger partial charge in [-0.1, -0.05) is 19.9 Å². The lowest BCUT2D eigenvalue weighted by molar-refractivity contribution is 0.102. The molecule has 1 heterocycles. The fourth-order valence-corrected chi connectivity index (χ4v) is 4.11. The van der Waals surface area contributed by atoms with E-state index in [4.69, 9.17) is 5.73 Å². The molecule has 134 valence electrons. The first-order valence-corrected chi connectivity index (χ1v) is 9.37. The van der Waals surface area contributed by atoms with Crippen LogP contribution in [0.25, 0.3) is 0 Å². The average Bonchev–Trinajstić information content (AvgIpc) is 2.58. The minimum atomic E-state index is -3.64. The Hall–Kier alpha value is -2.45. The van der Waals surface area contributed by atoms with E-state index in [0.29, 0.717) is 30.2 Å². The molecule has 0 atom stereocenters. The summed E-state index contributed by atoms with van der Waals surface area (Å²) in [6.07, 6.45) is 1.44. The number of rotatable bonds is 6. The molecule has 1 aromatic heterocycles. The summed E-state index contributed by atoms with van der Waals surface area (Å²) in [6.45, 7) is 6.00. The Morgan fingerprint density at radius 3 is 2.44 bits per heavy atom. The molecule has 7 nitrogen and oxygen atoms in total. The Bertz CT molecular complexity index is 860. The lowest BCUT2D eigenvalue weighted by Crippen LogP contribution is -2.31. The molecule has 0 aliphatic rings. The third-order valence-corrected chi connectivity index (χ3v) is 6.01. The second kappa shape index (κ2) is 7.62. The van der Waals surface area contributed by atoms with Gasteiger partial charge in [0.2, 0.25) is 10.0 Å². The normalized spacial score (nSPS) is 11.5. The van der Waals surface area contributed by atoms with Crippen LogP contribution in [0.2, 0.25) is 0 Å². The number of benzene rings is 1. The SMILES string of the molecule is CCN(CC)S(=O)(=O)c1cc(C(=O)Nc2ccc(N)nc2)ccc1C. The zero-order chi connectivity index (χ0) is 18.6. The van der Waals surface area contributed by atoms with Gasteiger partial charge in [0, 0.05) is 18.7 Å². The molecule has 0 radical (unpaired) electrons. The lowest BCUT2D eigenvalue weighted by Gasteiger charge is -2.20. The van der Waals surface area contributed by atoms with Crippen molar-refractivity contribution in [2.75, 3.05) is 24.1 Å². The second-order valence-electron chi connectivity index (χ2n) is 5.50. The third-order valence-electron chi connectivity index (χ3n) is 3.82. The molecule has 2 rings (SSSR count). The third kappa shape index (κ3) is 4.15. The molecule has 3 N–H and O–H groups in total. The standard InChI is InChI=1S/C17H22N4O3S/c1-4-21(5-2)25(23,24)15-10-13(7-6-12(15)3)17(22)20-14-8-9-16(18)19-11-14/h6-11H,4-5H2,1-3H3,(H2,18,19)(H,20,22). The number of nitrogens with zero attached hydrogens (tertiary/aromatic N) is 2. The highest BCUT2D eigenvalue weighted by atomic mass is 32.2. The Balaban J connectivity index is 2.35. The summed E-state index contributed by atoms with van der Waals surface area (Å²) >= 11 is 0. The second-order valence-corrected chi connectivity index (χ2v) is 7.40. The number of sulfonamides is 1. The summed E-state index contributed by atoms with van der Waals surface area (Å²) in [4.78, 5) is 16.5. The number of hydrogen-bond donors (Lipinski definition) is 2. The topological polar surface area (TPSA) is 105 Å². The maximum atomic E-state index is 12.8. The molecule has 0 fully saturated rings. The number of carbonyl (C=O) groups is 1. The Kier molecular flexibility index (Phi) is 5.76. The van der Waals surface area contributed by atoms with Crippen LogP contribution in [0.3, 0.4) is 0 Å². The van der Waals surface area contributed by atoms with E-state index >= 15 is 0 Å². The molecule has 0 aliphatic carbocycles. The number of nitrogens with two attached hydrogens (primary N) is 1. The van der Waals surface area contributed by atoms with Gasteiger partial charge in [0.15, 0.2) is 0 Å². The molecular formula is C17H22N4O3S. The van der Waals surface area contributed by atoms with Crippen LogP contribution in [0.1, 0.15) is 29.8 Å². The predicted molar refractivity (Wildman–Crippen MR) is 97.9 cm³/mol. The van der Waals surface area contributed by atoms with Crippen LogP contribution in [0, 0.1) is 6.92 Å². The molecule has 0 saturated carbocycles. The molecule has 0 spiro atoms. The van der Waals surface area contributed by atoms with Crippen molar-refractivity contribution in [3.05, 3.63) is 47.7 Å². The smallest absolute Gasteiger partial charge is 0.255 e. The van der Waals surface area contributed by atoms with Gasteiger partial charge >= 0.3 is 0 Å². The van der Waals surface area contributed by atoms with Gasteiger partial charge in [-0.05, 0) is 36.8 Å². The van der Waals surface area contributed by atoms with Gasteiger partial charge in [-0.3, -0.25) is 4.79 Å². The number of pyridine rings is 1. The number of aryl methyl sites for hydroxylation is 1. The number of hydrogen-bond acceptors (Lipinski definition) is 5. The fraction of sp³-hybridized carbons (Fsp3) is 0.294.